The predicted molar refractivity (Wildman–Crippen MR) is 125 cm³/mol. The van der Waals surface area contributed by atoms with E-state index in [1.165, 1.54) is 10.9 Å². The van der Waals surface area contributed by atoms with Crippen LogP contribution in [-0.4, -0.2) is 35.7 Å². The maximum atomic E-state index is 13.8. The van der Waals surface area contributed by atoms with Crippen LogP contribution in [0.1, 0.15) is 40.1 Å². The van der Waals surface area contributed by atoms with Gasteiger partial charge in [0.25, 0.3) is 5.91 Å². The maximum absolute atomic E-state index is 13.8. The van der Waals surface area contributed by atoms with Gasteiger partial charge in [0.05, 0.1) is 12.6 Å². The Morgan fingerprint density at radius 3 is 2.73 bits per heavy atom. The fraction of sp³-hybridized carbons (Fsp3) is 0.222. The number of fused-ring (bicyclic) bond motifs is 4. The number of aromatic nitrogens is 1. The fourth-order valence-corrected chi connectivity index (χ4v) is 4.91. The average molecular weight is 440 g/mol. The molecule has 1 aromatic heterocycles. The molecule has 0 bridgehead atoms. The van der Waals surface area contributed by atoms with E-state index in [0.717, 1.165) is 28.9 Å². The Morgan fingerprint density at radius 2 is 1.88 bits per heavy atom. The number of aromatic amines is 1. The van der Waals surface area contributed by atoms with E-state index in [9.17, 15) is 4.79 Å². The molecule has 0 saturated heterocycles. The molecule has 0 saturated carbocycles. The number of para-hydroxylation sites is 1. The molecule has 0 radical (unpaired) electrons. The molecular formula is C27H24N2O4. The molecular weight excluding hydrogens is 416 g/mol. The molecule has 6 rings (SSSR count). The quantitative estimate of drug-likeness (QED) is 0.481. The van der Waals surface area contributed by atoms with Crippen LogP contribution in [0, 0.1) is 0 Å². The van der Waals surface area contributed by atoms with Crippen molar-refractivity contribution in [3.05, 3.63) is 89.1 Å². The standard InChI is InChI=1S/C27H24N2O4/c1-2-31-19-10-7-17(8-11-19)26-25-21(20-5-3-4-6-22(20)28-25)13-14-29(26)27(30)18-9-12-23-24(15-18)33-16-32-23/h3-12,15,26,28H,2,13-14,16H2,1H3. The highest BCUT2D eigenvalue weighted by Gasteiger charge is 2.35. The van der Waals surface area contributed by atoms with E-state index in [1.54, 1.807) is 12.1 Å². The van der Waals surface area contributed by atoms with E-state index in [0.29, 0.717) is 30.2 Å². The van der Waals surface area contributed by atoms with Crippen molar-refractivity contribution in [3.8, 4) is 17.2 Å². The normalized spacial score (nSPS) is 16.6. The minimum absolute atomic E-state index is 0.0310. The molecule has 166 valence electrons. The van der Waals surface area contributed by atoms with Crippen LogP contribution < -0.4 is 14.2 Å². The Bertz CT molecular complexity index is 1340. The van der Waals surface area contributed by atoms with Crippen molar-refractivity contribution < 1.29 is 19.0 Å². The van der Waals surface area contributed by atoms with Crippen LogP contribution in [0.4, 0.5) is 0 Å². The van der Waals surface area contributed by atoms with Gasteiger partial charge in [-0.05, 0) is 60.9 Å². The average Bonchev–Trinajstić information content (AvgIpc) is 3.47. The molecule has 1 unspecified atom stereocenters. The summed E-state index contributed by atoms with van der Waals surface area (Å²) in [5.74, 6) is 2.08. The first-order chi connectivity index (χ1) is 16.2. The summed E-state index contributed by atoms with van der Waals surface area (Å²) in [6.45, 7) is 3.39. The van der Waals surface area contributed by atoms with Gasteiger partial charge in [0.15, 0.2) is 11.5 Å². The van der Waals surface area contributed by atoms with Gasteiger partial charge >= 0.3 is 0 Å². The first kappa shape index (κ1) is 19.7. The lowest BCUT2D eigenvalue weighted by Gasteiger charge is -2.36. The highest BCUT2D eigenvalue weighted by atomic mass is 16.7. The zero-order valence-electron chi connectivity index (χ0n) is 18.3. The van der Waals surface area contributed by atoms with E-state index in [1.807, 2.05) is 36.1 Å². The first-order valence-electron chi connectivity index (χ1n) is 11.3. The number of hydrogen-bond donors (Lipinski definition) is 1. The third-order valence-corrected chi connectivity index (χ3v) is 6.42. The second-order valence-electron chi connectivity index (χ2n) is 8.28. The van der Waals surface area contributed by atoms with Gasteiger partial charge in [0.1, 0.15) is 5.75 Å². The van der Waals surface area contributed by atoms with Crippen LogP contribution in [-0.2, 0) is 6.42 Å². The number of rotatable bonds is 4. The molecule has 0 spiro atoms. The van der Waals surface area contributed by atoms with E-state index in [4.69, 9.17) is 14.2 Å². The SMILES string of the molecule is CCOc1ccc(C2c3[nH]c4ccccc4c3CCN2C(=O)c2ccc3c(c2)OCO3)cc1. The zero-order valence-corrected chi connectivity index (χ0v) is 18.3. The van der Waals surface area contributed by atoms with Crippen molar-refractivity contribution in [1.29, 1.82) is 0 Å². The van der Waals surface area contributed by atoms with Gasteiger partial charge in [0.2, 0.25) is 6.79 Å². The monoisotopic (exact) mass is 440 g/mol. The predicted octanol–water partition coefficient (Wildman–Crippen LogP) is 5.08. The van der Waals surface area contributed by atoms with Gasteiger partial charge in [0, 0.05) is 28.7 Å². The molecule has 1 atom stereocenters. The largest absolute Gasteiger partial charge is 0.494 e. The minimum Gasteiger partial charge on any atom is -0.494 e. The molecule has 6 nitrogen and oxygen atoms in total. The van der Waals surface area contributed by atoms with Crippen molar-refractivity contribution >= 4 is 16.8 Å². The number of ether oxygens (including phenoxy) is 3. The number of hydrogen-bond acceptors (Lipinski definition) is 4. The van der Waals surface area contributed by atoms with Gasteiger partial charge in [-0.2, -0.15) is 0 Å². The van der Waals surface area contributed by atoms with Gasteiger partial charge in [-0.3, -0.25) is 4.79 Å². The number of carbonyl (C=O) groups excluding carboxylic acids is 1. The molecule has 4 aromatic rings. The second-order valence-corrected chi connectivity index (χ2v) is 8.28. The number of carbonyl (C=O) groups is 1. The summed E-state index contributed by atoms with van der Waals surface area (Å²) in [7, 11) is 0. The molecule has 0 aliphatic carbocycles. The maximum Gasteiger partial charge on any atom is 0.254 e. The molecule has 0 fully saturated rings. The highest BCUT2D eigenvalue weighted by Crippen LogP contribution is 2.40. The topological polar surface area (TPSA) is 63.8 Å². The van der Waals surface area contributed by atoms with Crippen LogP contribution in [0.3, 0.4) is 0 Å². The summed E-state index contributed by atoms with van der Waals surface area (Å²) >= 11 is 0. The minimum atomic E-state index is -0.227. The highest BCUT2D eigenvalue weighted by molar-refractivity contribution is 5.96. The molecule has 6 heteroatoms. The van der Waals surface area contributed by atoms with Gasteiger partial charge in [-0.1, -0.05) is 30.3 Å². The second kappa shape index (κ2) is 7.89. The number of nitrogens with zero attached hydrogens (tertiary/aromatic N) is 1. The number of nitrogens with one attached hydrogen (secondary N) is 1. The van der Waals surface area contributed by atoms with Crippen molar-refractivity contribution in [2.75, 3.05) is 19.9 Å². The van der Waals surface area contributed by atoms with Crippen LogP contribution >= 0.6 is 0 Å². The summed E-state index contributed by atoms with van der Waals surface area (Å²) in [5, 5.41) is 1.22. The third-order valence-electron chi connectivity index (χ3n) is 6.42. The van der Waals surface area contributed by atoms with Gasteiger partial charge in [-0.25, -0.2) is 0 Å². The smallest absolute Gasteiger partial charge is 0.254 e. The van der Waals surface area contributed by atoms with Crippen molar-refractivity contribution in [2.45, 2.75) is 19.4 Å². The molecule has 2 aliphatic rings. The Kier molecular flexibility index (Phi) is 4.72. The summed E-state index contributed by atoms with van der Waals surface area (Å²) in [6.07, 6.45) is 0.795. The molecule has 1 N–H and O–H groups in total. The van der Waals surface area contributed by atoms with E-state index in [-0.39, 0.29) is 18.7 Å². The van der Waals surface area contributed by atoms with Crippen LogP contribution in [0.5, 0.6) is 17.2 Å². The number of amides is 1. The molecule has 33 heavy (non-hydrogen) atoms. The molecule has 3 aromatic carbocycles. The Labute approximate surface area is 191 Å². The van der Waals surface area contributed by atoms with E-state index < -0.39 is 0 Å². The van der Waals surface area contributed by atoms with Crippen molar-refractivity contribution in [3.63, 3.8) is 0 Å². The zero-order chi connectivity index (χ0) is 22.4. The van der Waals surface area contributed by atoms with E-state index >= 15 is 0 Å². The van der Waals surface area contributed by atoms with Crippen molar-refractivity contribution in [1.82, 2.24) is 9.88 Å². The van der Waals surface area contributed by atoms with Gasteiger partial charge in [-0.15, -0.1) is 0 Å². The number of benzene rings is 3. The lowest BCUT2D eigenvalue weighted by molar-refractivity contribution is 0.0691. The molecule has 3 heterocycles. The van der Waals surface area contributed by atoms with Gasteiger partial charge < -0.3 is 24.1 Å². The summed E-state index contributed by atoms with van der Waals surface area (Å²) in [6, 6.07) is 21.5. The van der Waals surface area contributed by atoms with E-state index in [2.05, 4.69) is 35.3 Å². The summed E-state index contributed by atoms with van der Waals surface area (Å²) in [4.78, 5) is 19.3. The van der Waals surface area contributed by atoms with Crippen LogP contribution in [0.25, 0.3) is 10.9 Å². The third kappa shape index (κ3) is 3.30. The summed E-state index contributed by atoms with van der Waals surface area (Å²) < 4.78 is 16.6. The lowest BCUT2D eigenvalue weighted by atomic mass is 9.91. The molecule has 1 amide bonds. The Morgan fingerprint density at radius 1 is 1.06 bits per heavy atom. The Balaban J connectivity index is 1.45. The number of H-pyrrole nitrogens is 1. The summed E-state index contributed by atoms with van der Waals surface area (Å²) in [5.41, 5.74) is 5.07. The fourth-order valence-electron chi connectivity index (χ4n) is 4.91. The van der Waals surface area contributed by atoms with Crippen molar-refractivity contribution in [2.24, 2.45) is 0 Å². The lowest BCUT2D eigenvalue weighted by Crippen LogP contribution is -2.40. The molecule has 2 aliphatic heterocycles. The van der Waals surface area contributed by atoms with Crippen LogP contribution in [0.2, 0.25) is 0 Å². The van der Waals surface area contributed by atoms with Crippen LogP contribution in [0.15, 0.2) is 66.7 Å². The Hall–Kier alpha value is -3.93. The first-order valence-corrected chi connectivity index (χ1v) is 11.3.